The van der Waals surface area contributed by atoms with Gasteiger partial charge < -0.3 is 20.3 Å². The molecule has 0 saturated carbocycles. The van der Waals surface area contributed by atoms with Gasteiger partial charge in [0.15, 0.2) is 0 Å². The number of aliphatic hydroxyl groups is 2. The molecule has 0 saturated heterocycles. The van der Waals surface area contributed by atoms with Gasteiger partial charge >= 0.3 is 0 Å². The van der Waals surface area contributed by atoms with Gasteiger partial charge in [0.25, 0.3) is 0 Å². The van der Waals surface area contributed by atoms with E-state index in [2.05, 4.69) is 26.1 Å². The summed E-state index contributed by atoms with van der Waals surface area (Å²) in [5.74, 6) is 0.699. The summed E-state index contributed by atoms with van der Waals surface area (Å²) in [6.07, 6.45) is 1.07. The van der Waals surface area contributed by atoms with Crippen LogP contribution in [-0.4, -0.2) is 21.8 Å². The molecule has 0 bridgehead atoms. The number of ether oxygens (including phenoxy) is 1. The highest BCUT2D eigenvalue weighted by molar-refractivity contribution is 5.47. The van der Waals surface area contributed by atoms with E-state index in [1.54, 1.807) is 0 Å². The third kappa shape index (κ3) is 4.26. The van der Waals surface area contributed by atoms with Crippen LogP contribution in [0.15, 0.2) is 42.5 Å². The first-order valence-electron chi connectivity index (χ1n) is 9.27. The number of aliphatic hydroxyl groups excluding tert-OH is 2. The van der Waals surface area contributed by atoms with Crippen LogP contribution in [0.4, 0.5) is 0 Å². The Bertz CT molecular complexity index is 737. The topological polar surface area (TPSA) is 61.7 Å². The van der Waals surface area contributed by atoms with E-state index in [1.807, 2.05) is 42.5 Å². The highest BCUT2D eigenvalue weighted by atomic mass is 16.5. The van der Waals surface area contributed by atoms with E-state index in [0.29, 0.717) is 12.4 Å². The Morgan fingerprint density at radius 2 is 1.85 bits per heavy atom. The maximum atomic E-state index is 10.8. The van der Waals surface area contributed by atoms with Crippen molar-refractivity contribution in [2.45, 2.75) is 64.5 Å². The van der Waals surface area contributed by atoms with Gasteiger partial charge in [0.2, 0.25) is 0 Å². The van der Waals surface area contributed by atoms with Crippen molar-refractivity contribution in [3.63, 3.8) is 0 Å². The normalized spacial score (nSPS) is 19.9. The van der Waals surface area contributed by atoms with Crippen molar-refractivity contribution >= 4 is 0 Å². The Morgan fingerprint density at radius 3 is 2.50 bits per heavy atom. The number of rotatable bonds is 5. The van der Waals surface area contributed by atoms with Gasteiger partial charge in [-0.25, -0.2) is 0 Å². The van der Waals surface area contributed by atoms with E-state index in [4.69, 9.17) is 4.74 Å². The lowest BCUT2D eigenvalue weighted by Crippen LogP contribution is -2.48. The Balaban J connectivity index is 1.81. The third-order valence-corrected chi connectivity index (χ3v) is 4.84. The number of hydrogen-bond donors (Lipinski definition) is 3. The molecule has 1 aliphatic rings. The number of fused-ring (bicyclic) bond motifs is 1. The quantitative estimate of drug-likeness (QED) is 0.768. The smallest absolute Gasteiger partial charge is 0.125 e. The first kappa shape index (κ1) is 18.9. The Morgan fingerprint density at radius 1 is 1.12 bits per heavy atom. The van der Waals surface area contributed by atoms with Crippen molar-refractivity contribution in [2.75, 3.05) is 0 Å². The minimum absolute atomic E-state index is 0.0186. The lowest BCUT2D eigenvalue weighted by Gasteiger charge is -2.36. The van der Waals surface area contributed by atoms with Crippen molar-refractivity contribution in [1.29, 1.82) is 0 Å². The molecular formula is C22H29NO3. The molecule has 0 aromatic heterocycles. The van der Waals surface area contributed by atoms with Gasteiger partial charge in [-0.15, -0.1) is 0 Å². The molecule has 4 nitrogen and oxygen atoms in total. The van der Waals surface area contributed by atoms with Crippen LogP contribution in [0.25, 0.3) is 0 Å². The van der Waals surface area contributed by atoms with Gasteiger partial charge in [-0.05, 0) is 56.4 Å². The van der Waals surface area contributed by atoms with Gasteiger partial charge in [0.1, 0.15) is 12.4 Å². The molecule has 26 heavy (non-hydrogen) atoms. The second-order valence-corrected chi connectivity index (χ2v) is 8.03. The molecule has 0 heterocycles. The van der Waals surface area contributed by atoms with E-state index in [0.717, 1.165) is 35.1 Å². The fourth-order valence-corrected chi connectivity index (χ4v) is 3.69. The first-order chi connectivity index (χ1) is 12.4. The summed E-state index contributed by atoms with van der Waals surface area (Å²) in [6, 6.07) is 13.8. The van der Waals surface area contributed by atoms with Crippen LogP contribution in [0.1, 0.15) is 55.5 Å². The molecule has 2 aromatic rings. The van der Waals surface area contributed by atoms with Crippen LogP contribution in [0, 0.1) is 0 Å². The summed E-state index contributed by atoms with van der Waals surface area (Å²) in [6.45, 7) is 6.69. The van der Waals surface area contributed by atoms with Gasteiger partial charge in [-0.1, -0.05) is 36.4 Å². The van der Waals surface area contributed by atoms with E-state index in [9.17, 15) is 10.2 Å². The zero-order valence-electron chi connectivity index (χ0n) is 15.8. The van der Waals surface area contributed by atoms with Gasteiger partial charge in [-0.3, -0.25) is 0 Å². The largest absolute Gasteiger partial charge is 0.489 e. The number of benzene rings is 2. The first-order valence-corrected chi connectivity index (χ1v) is 9.27. The molecule has 4 heteroatoms. The molecule has 2 aromatic carbocycles. The maximum Gasteiger partial charge on any atom is 0.125 e. The molecule has 0 amide bonds. The van der Waals surface area contributed by atoms with Gasteiger partial charge in [-0.2, -0.15) is 0 Å². The SMILES string of the molecule is CC(C)(C)N[C@H]1CCc2c(ccc(OCc3ccccc3)c2CO)[C@@H]1O. The lowest BCUT2D eigenvalue weighted by atomic mass is 9.82. The van der Waals surface area contributed by atoms with Crippen LogP contribution < -0.4 is 10.1 Å². The van der Waals surface area contributed by atoms with Crippen molar-refractivity contribution in [3.05, 3.63) is 64.7 Å². The molecule has 3 N–H and O–H groups in total. The number of nitrogens with one attached hydrogen (secondary N) is 1. The zero-order chi connectivity index (χ0) is 18.7. The molecular weight excluding hydrogens is 326 g/mol. The van der Waals surface area contributed by atoms with Crippen LogP contribution in [0.3, 0.4) is 0 Å². The summed E-state index contributed by atoms with van der Waals surface area (Å²) in [5.41, 5.74) is 3.75. The highest BCUT2D eigenvalue weighted by Gasteiger charge is 2.32. The average Bonchev–Trinajstić information content (AvgIpc) is 2.61. The summed E-state index contributed by atoms with van der Waals surface area (Å²) >= 11 is 0. The molecule has 2 atom stereocenters. The second-order valence-electron chi connectivity index (χ2n) is 8.03. The molecule has 3 rings (SSSR count). The fourth-order valence-electron chi connectivity index (χ4n) is 3.69. The van der Waals surface area contributed by atoms with E-state index in [1.165, 1.54) is 0 Å². The molecule has 0 aliphatic heterocycles. The molecule has 0 fully saturated rings. The van der Waals surface area contributed by atoms with Gasteiger partial charge in [0, 0.05) is 17.1 Å². The van der Waals surface area contributed by atoms with Crippen LogP contribution in [-0.2, 0) is 19.6 Å². The predicted octanol–water partition coefficient (Wildman–Crippen LogP) is 3.49. The average molecular weight is 355 g/mol. The van der Waals surface area contributed by atoms with E-state index < -0.39 is 6.10 Å². The molecule has 0 spiro atoms. The Labute approximate surface area is 155 Å². The Hall–Kier alpha value is -1.88. The standard InChI is InChI=1S/C22H29NO3/c1-22(2,3)23-19-11-9-16-17(21(19)25)10-12-20(18(16)13-24)26-14-15-7-5-4-6-8-15/h4-8,10,12,19,21,23-25H,9,11,13-14H2,1-3H3/t19-,21-/m0/s1. The highest BCUT2D eigenvalue weighted by Crippen LogP contribution is 2.37. The zero-order valence-corrected chi connectivity index (χ0v) is 15.8. The molecule has 1 aliphatic carbocycles. The van der Waals surface area contributed by atoms with Crippen LogP contribution >= 0.6 is 0 Å². The summed E-state index contributed by atoms with van der Waals surface area (Å²) in [5, 5.41) is 24.3. The van der Waals surface area contributed by atoms with Crippen molar-refractivity contribution < 1.29 is 14.9 Å². The van der Waals surface area contributed by atoms with Gasteiger partial charge in [0.05, 0.1) is 12.7 Å². The monoisotopic (exact) mass is 355 g/mol. The summed E-state index contributed by atoms with van der Waals surface area (Å²) in [7, 11) is 0. The van der Waals surface area contributed by atoms with Crippen molar-refractivity contribution in [1.82, 2.24) is 5.32 Å². The minimum Gasteiger partial charge on any atom is -0.489 e. The molecule has 140 valence electrons. The van der Waals surface area contributed by atoms with E-state index in [-0.39, 0.29) is 18.2 Å². The Kier molecular flexibility index (Phi) is 5.66. The second kappa shape index (κ2) is 7.78. The predicted molar refractivity (Wildman–Crippen MR) is 103 cm³/mol. The van der Waals surface area contributed by atoms with Crippen LogP contribution in [0.2, 0.25) is 0 Å². The van der Waals surface area contributed by atoms with Crippen molar-refractivity contribution in [2.24, 2.45) is 0 Å². The number of hydrogen-bond acceptors (Lipinski definition) is 4. The fraction of sp³-hybridized carbons (Fsp3) is 0.455. The summed E-state index contributed by atoms with van der Waals surface area (Å²) < 4.78 is 5.97. The molecule has 0 radical (unpaired) electrons. The maximum absolute atomic E-state index is 10.8. The molecule has 0 unspecified atom stereocenters. The minimum atomic E-state index is -0.577. The van der Waals surface area contributed by atoms with Crippen molar-refractivity contribution in [3.8, 4) is 5.75 Å². The summed E-state index contributed by atoms with van der Waals surface area (Å²) in [4.78, 5) is 0. The van der Waals surface area contributed by atoms with E-state index >= 15 is 0 Å². The van der Waals surface area contributed by atoms with Crippen LogP contribution in [0.5, 0.6) is 5.75 Å². The third-order valence-electron chi connectivity index (χ3n) is 4.84. The lowest BCUT2D eigenvalue weighted by molar-refractivity contribution is 0.0992.